The van der Waals surface area contributed by atoms with Crippen molar-refractivity contribution in [3.63, 3.8) is 0 Å². The van der Waals surface area contributed by atoms with E-state index in [-0.39, 0.29) is 21.9 Å². The number of carbonyl (C=O) groups excluding carboxylic acids is 1. The Labute approximate surface area is 198 Å². The molecular weight excluding hydrogens is 473 g/mol. The summed E-state index contributed by atoms with van der Waals surface area (Å²) in [7, 11) is 0. The first-order valence-electron chi connectivity index (χ1n) is 9.53. The molecule has 8 heteroatoms. The molecule has 0 aliphatic heterocycles. The normalized spacial score (nSPS) is 10.9. The van der Waals surface area contributed by atoms with Gasteiger partial charge in [-0.1, -0.05) is 65.1 Å². The summed E-state index contributed by atoms with van der Waals surface area (Å²) >= 11 is 18.2. The van der Waals surface area contributed by atoms with Gasteiger partial charge in [-0.05, 0) is 42.8 Å². The van der Waals surface area contributed by atoms with Gasteiger partial charge in [-0.25, -0.2) is 0 Å². The lowest BCUT2D eigenvalue weighted by atomic mass is 10.1. The zero-order valence-corrected chi connectivity index (χ0v) is 19.0. The number of ether oxygens (including phenoxy) is 1. The minimum Gasteiger partial charge on any atom is -0.476 e. The lowest BCUT2D eigenvalue weighted by molar-refractivity contribution is -0.118. The summed E-state index contributed by atoms with van der Waals surface area (Å²) in [6.45, 7) is 1.38. The fourth-order valence-electron chi connectivity index (χ4n) is 3.12. The first kappa shape index (κ1) is 22.2. The quantitative estimate of drug-likeness (QED) is 0.337. The van der Waals surface area contributed by atoms with E-state index < -0.39 is 17.9 Å². The molecule has 1 N–H and O–H groups in total. The molecule has 0 aliphatic carbocycles. The largest absolute Gasteiger partial charge is 0.476 e. The topological polar surface area (TPSA) is 68.5 Å². The molecule has 1 amide bonds. The molecule has 1 heterocycles. The molecule has 0 fully saturated rings. The van der Waals surface area contributed by atoms with Crippen LogP contribution in [0.3, 0.4) is 0 Å². The van der Waals surface area contributed by atoms with Gasteiger partial charge >= 0.3 is 0 Å². The van der Waals surface area contributed by atoms with E-state index in [0.717, 1.165) is 5.56 Å². The number of amides is 1. The molecule has 0 atom stereocenters. The van der Waals surface area contributed by atoms with E-state index >= 15 is 0 Å². The maximum absolute atomic E-state index is 13.2. The molecule has 0 bridgehead atoms. The number of hydrogen-bond acceptors (Lipinski definition) is 4. The molecule has 0 radical (unpaired) electrons. The molecule has 0 saturated heterocycles. The molecule has 162 valence electrons. The number of aryl methyl sites for hydroxylation is 1. The summed E-state index contributed by atoms with van der Waals surface area (Å²) < 4.78 is 11.7. The minimum absolute atomic E-state index is 0.0824. The maximum Gasteiger partial charge on any atom is 0.262 e. The number of benzene rings is 3. The van der Waals surface area contributed by atoms with Crippen LogP contribution in [-0.2, 0) is 4.79 Å². The van der Waals surface area contributed by atoms with Crippen molar-refractivity contribution in [2.45, 2.75) is 6.92 Å². The number of nitrogens with one attached hydrogen (secondary N) is 1. The van der Waals surface area contributed by atoms with E-state index in [1.54, 1.807) is 30.3 Å². The third-order valence-electron chi connectivity index (χ3n) is 4.72. The van der Waals surface area contributed by atoms with Gasteiger partial charge in [0.05, 0.1) is 16.1 Å². The van der Waals surface area contributed by atoms with Crippen molar-refractivity contribution in [1.82, 2.24) is 0 Å². The van der Waals surface area contributed by atoms with E-state index in [2.05, 4.69) is 5.32 Å². The van der Waals surface area contributed by atoms with Crippen molar-refractivity contribution < 1.29 is 13.9 Å². The van der Waals surface area contributed by atoms with Gasteiger partial charge in [0.15, 0.2) is 12.4 Å². The predicted molar refractivity (Wildman–Crippen MR) is 128 cm³/mol. The number of rotatable bonds is 5. The van der Waals surface area contributed by atoms with Gasteiger partial charge in [0, 0.05) is 15.6 Å². The standard InChI is InChI=1S/C24H16Cl3NO4/c1-13-9-20-16(11-17(13)26)22(30)24(23(32-20)14-5-3-2-4-6-14)31-12-21(29)28-19-8-7-15(25)10-18(19)27/h2-11H,12H2,1H3,(H,28,29). The second-order valence-corrected chi connectivity index (χ2v) is 8.26. The first-order chi connectivity index (χ1) is 15.3. The third-order valence-corrected chi connectivity index (χ3v) is 5.67. The Morgan fingerprint density at radius 1 is 1.00 bits per heavy atom. The summed E-state index contributed by atoms with van der Waals surface area (Å²) in [5.74, 6) is -0.363. The van der Waals surface area contributed by atoms with Crippen LogP contribution in [0.5, 0.6) is 5.75 Å². The van der Waals surface area contributed by atoms with Crippen LogP contribution >= 0.6 is 34.8 Å². The first-order valence-corrected chi connectivity index (χ1v) is 10.7. The highest BCUT2D eigenvalue weighted by molar-refractivity contribution is 6.36. The van der Waals surface area contributed by atoms with Gasteiger partial charge in [0.1, 0.15) is 5.58 Å². The molecule has 3 aromatic carbocycles. The van der Waals surface area contributed by atoms with Crippen LogP contribution in [-0.4, -0.2) is 12.5 Å². The smallest absolute Gasteiger partial charge is 0.262 e. The zero-order valence-electron chi connectivity index (χ0n) is 16.7. The van der Waals surface area contributed by atoms with Crippen LogP contribution in [0.2, 0.25) is 15.1 Å². The van der Waals surface area contributed by atoms with Crippen LogP contribution in [0, 0.1) is 6.92 Å². The summed E-state index contributed by atoms with van der Waals surface area (Å²) in [6.07, 6.45) is 0. The second kappa shape index (κ2) is 9.25. The molecule has 0 unspecified atom stereocenters. The fraction of sp³-hybridized carbons (Fsp3) is 0.0833. The lowest BCUT2D eigenvalue weighted by Crippen LogP contribution is -2.22. The molecule has 0 spiro atoms. The average molecular weight is 489 g/mol. The Kier molecular flexibility index (Phi) is 6.42. The molecular formula is C24H16Cl3NO4. The molecule has 32 heavy (non-hydrogen) atoms. The van der Waals surface area contributed by atoms with E-state index in [0.29, 0.717) is 26.9 Å². The lowest BCUT2D eigenvalue weighted by Gasteiger charge is -2.13. The van der Waals surface area contributed by atoms with Crippen molar-refractivity contribution in [3.8, 4) is 17.1 Å². The number of halogens is 3. The minimum atomic E-state index is -0.505. The van der Waals surface area contributed by atoms with Gasteiger partial charge in [-0.15, -0.1) is 0 Å². The molecule has 0 saturated carbocycles. The van der Waals surface area contributed by atoms with Gasteiger partial charge in [0.2, 0.25) is 11.2 Å². The Hall–Kier alpha value is -2.99. The number of fused-ring (bicyclic) bond motifs is 1. The Balaban J connectivity index is 1.70. The van der Waals surface area contributed by atoms with Gasteiger partial charge < -0.3 is 14.5 Å². The van der Waals surface area contributed by atoms with Crippen molar-refractivity contribution in [2.75, 3.05) is 11.9 Å². The molecule has 4 aromatic rings. The highest BCUT2D eigenvalue weighted by atomic mass is 35.5. The van der Waals surface area contributed by atoms with E-state index in [1.165, 1.54) is 12.1 Å². The number of anilines is 1. The summed E-state index contributed by atoms with van der Waals surface area (Å²) in [6, 6.07) is 17.0. The van der Waals surface area contributed by atoms with Crippen LogP contribution in [0.1, 0.15) is 5.56 Å². The second-order valence-electron chi connectivity index (χ2n) is 7.01. The molecule has 4 rings (SSSR count). The van der Waals surface area contributed by atoms with Crippen molar-refractivity contribution >= 4 is 57.4 Å². The van der Waals surface area contributed by atoms with Crippen molar-refractivity contribution in [3.05, 3.63) is 91.5 Å². The number of carbonyl (C=O) groups is 1. The van der Waals surface area contributed by atoms with Gasteiger partial charge in [-0.3, -0.25) is 9.59 Å². The Bertz CT molecular complexity index is 1380. The molecule has 5 nitrogen and oxygen atoms in total. The Morgan fingerprint density at radius 2 is 1.75 bits per heavy atom. The summed E-state index contributed by atoms with van der Waals surface area (Å²) in [5.41, 5.74) is 1.73. The van der Waals surface area contributed by atoms with Crippen LogP contribution in [0.15, 0.2) is 69.9 Å². The van der Waals surface area contributed by atoms with E-state index in [4.69, 9.17) is 44.0 Å². The third kappa shape index (κ3) is 4.60. The fourth-order valence-corrected chi connectivity index (χ4v) is 3.74. The van der Waals surface area contributed by atoms with Crippen LogP contribution in [0.25, 0.3) is 22.3 Å². The van der Waals surface area contributed by atoms with Gasteiger partial charge in [-0.2, -0.15) is 0 Å². The van der Waals surface area contributed by atoms with E-state index in [9.17, 15) is 9.59 Å². The van der Waals surface area contributed by atoms with E-state index in [1.807, 2.05) is 25.1 Å². The molecule has 1 aromatic heterocycles. The highest BCUT2D eigenvalue weighted by Crippen LogP contribution is 2.33. The Morgan fingerprint density at radius 3 is 2.47 bits per heavy atom. The summed E-state index contributed by atoms with van der Waals surface area (Å²) in [4.78, 5) is 25.7. The van der Waals surface area contributed by atoms with Crippen molar-refractivity contribution in [2.24, 2.45) is 0 Å². The summed E-state index contributed by atoms with van der Waals surface area (Å²) in [5, 5.41) is 4.05. The molecule has 0 aliphatic rings. The monoisotopic (exact) mass is 487 g/mol. The SMILES string of the molecule is Cc1cc2oc(-c3ccccc3)c(OCC(=O)Nc3ccc(Cl)cc3Cl)c(=O)c2cc1Cl. The predicted octanol–water partition coefficient (Wildman–Crippen LogP) is 6.75. The van der Waals surface area contributed by atoms with Crippen LogP contribution < -0.4 is 15.5 Å². The highest BCUT2D eigenvalue weighted by Gasteiger charge is 2.20. The maximum atomic E-state index is 13.2. The van der Waals surface area contributed by atoms with Crippen molar-refractivity contribution in [1.29, 1.82) is 0 Å². The average Bonchev–Trinajstić information content (AvgIpc) is 2.77. The van der Waals surface area contributed by atoms with Gasteiger partial charge in [0.25, 0.3) is 5.91 Å². The van der Waals surface area contributed by atoms with Crippen LogP contribution in [0.4, 0.5) is 5.69 Å². The number of hydrogen-bond donors (Lipinski definition) is 1. The zero-order chi connectivity index (χ0) is 22.8.